The van der Waals surface area contributed by atoms with Crippen LogP contribution in [0, 0.1) is 12.3 Å². The summed E-state index contributed by atoms with van der Waals surface area (Å²) in [5, 5.41) is 24.7. The molecule has 0 saturated heterocycles. The van der Waals surface area contributed by atoms with Gasteiger partial charge in [0.15, 0.2) is 11.8 Å². The van der Waals surface area contributed by atoms with Crippen LogP contribution in [0.5, 0.6) is 5.75 Å². The number of nitrogens with zero attached hydrogens (tertiary/aromatic N) is 4. The molecular formula is C22H36N6O2. The Morgan fingerprint density at radius 1 is 1.17 bits per heavy atom. The molecule has 1 aromatic heterocycles. The highest BCUT2D eigenvalue weighted by Gasteiger charge is 2.25. The summed E-state index contributed by atoms with van der Waals surface area (Å²) in [5.74, 6) is 3.27. The molecule has 0 aliphatic heterocycles. The van der Waals surface area contributed by atoms with Gasteiger partial charge in [-0.05, 0) is 49.3 Å². The van der Waals surface area contributed by atoms with E-state index in [1.807, 2.05) is 42.8 Å². The lowest BCUT2D eigenvalue weighted by molar-refractivity contribution is 0.169. The van der Waals surface area contributed by atoms with Crippen LogP contribution in [0.25, 0.3) is 0 Å². The Labute approximate surface area is 179 Å². The van der Waals surface area contributed by atoms with Gasteiger partial charge in [0, 0.05) is 20.2 Å². The summed E-state index contributed by atoms with van der Waals surface area (Å²) in [6.07, 6.45) is 2.75. The number of aromatic nitrogens is 3. The molecule has 1 heterocycles. The molecule has 0 unspecified atom stereocenters. The smallest absolute Gasteiger partial charge is 0.191 e. The van der Waals surface area contributed by atoms with Crippen molar-refractivity contribution in [1.29, 1.82) is 0 Å². The van der Waals surface area contributed by atoms with Gasteiger partial charge in [0.2, 0.25) is 0 Å². The fraction of sp³-hybridized carbons (Fsp3) is 0.591. The number of aryl methyl sites for hydroxylation is 1. The Hall–Kier alpha value is -2.61. The lowest BCUT2D eigenvalue weighted by atomic mass is 9.79. The number of aliphatic imine (C=N–C) groups is 1. The molecule has 0 radical (unpaired) electrons. The number of aliphatic hydroxyl groups excluding tert-OH is 1. The first-order valence-electron chi connectivity index (χ1n) is 10.6. The number of guanidine groups is 1. The van der Waals surface area contributed by atoms with E-state index in [1.165, 1.54) is 0 Å². The molecule has 3 N–H and O–H groups in total. The number of rotatable bonds is 11. The Morgan fingerprint density at radius 3 is 2.40 bits per heavy atom. The molecule has 0 amide bonds. The van der Waals surface area contributed by atoms with E-state index >= 15 is 0 Å². The number of nitrogens with one attached hydrogen (secondary N) is 2. The third-order valence-electron chi connectivity index (χ3n) is 5.95. The lowest BCUT2D eigenvalue weighted by Gasteiger charge is -2.32. The number of aliphatic hydroxyl groups is 1. The molecule has 0 spiro atoms. The summed E-state index contributed by atoms with van der Waals surface area (Å²) < 4.78 is 7.18. The van der Waals surface area contributed by atoms with Gasteiger partial charge in [-0.25, -0.2) is 4.99 Å². The van der Waals surface area contributed by atoms with Crippen molar-refractivity contribution in [2.75, 3.05) is 20.3 Å². The highest BCUT2D eigenvalue weighted by molar-refractivity contribution is 5.79. The zero-order valence-electron chi connectivity index (χ0n) is 18.9. The Balaban J connectivity index is 2.12. The molecule has 30 heavy (non-hydrogen) atoms. The first-order chi connectivity index (χ1) is 14.5. The van der Waals surface area contributed by atoms with E-state index in [9.17, 15) is 5.11 Å². The van der Waals surface area contributed by atoms with E-state index in [4.69, 9.17) is 9.73 Å². The van der Waals surface area contributed by atoms with Gasteiger partial charge in [0.25, 0.3) is 0 Å². The van der Waals surface area contributed by atoms with Crippen molar-refractivity contribution in [3.05, 3.63) is 41.5 Å². The predicted molar refractivity (Wildman–Crippen MR) is 119 cm³/mol. The normalized spacial score (nSPS) is 12.1. The van der Waals surface area contributed by atoms with Crippen LogP contribution in [0.1, 0.15) is 50.3 Å². The summed E-state index contributed by atoms with van der Waals surface area (Å²) >= 11 is 0. The van der Waals surface area contributed by atoms with Gasteiger partial charge >= 0.3 is 0 Å². The first-order valence-corrected chi connectivity index (χ1v) is 10.6. The topological polar surface area (TPSA) is 96.6 Å². The molecule has 0 bridgehead atoms. The van der Waals surface area contributed by atoms with Crippen molar-refractivity contribution in [1.82, 2.24) is 25.4 Å². The van der Waals surface area contributed by atoms with Crippen LogP contribution < -0.4 is 15.4 Å². The zero-order chi connectivity index (χ0) is 22.0. The van der Waals surface area contributed by atoms with E-state index in [0.717, 1.165) is 54.7 Å². The number of methoxy groups -OCH3 is 1. The SMILES string of the molecule is CCC(CC)(CCO)CNC(=NCc1ccc(OC)cc1)NCc1nnc(C)n1C. The second-order valence-corrected chi connectivity index (χ2v) is 7.62. The van der Waals surface area contributed by atoms with Crippen molar-refractivity contribution in [2.24, 2.45) is 17.5 Å². The molecule has 0 aliphatic carbocycles. The fourth-order valence-electron chi connectivity index (χ4n) is 3.29. The van der Waals surface area contributed by atoms with Crippen LogP contribution in [-0.4, -0.2) is 46.1 Å². The van der Waals surface area contributed by atoms with Gasteiger partial charge in [-0.1, -0.05) is 26.0 Å². The maximum absolute atomic E-state index is 9.51. The molecule has 1 aromatic carbocycles. The summed E-state index contributed by atoms with van der Waals surface area (Å²) in [4.78, 5) is 4.77. The third-order valence-corrected chi connectivity index (χ3v) is 5.95. The van der Waals surface area contributed by atoms with Crippen molar-refractivity contribution < 1.29 is 9.84 Å². The summed E-state index contributed by atoms with van der Waals surface area (Å²) in [6.45, 7) is 8.27. The van der Waals surface area contributed by atoms with E-state index in [-0.39, 0.29) is 12.0 Å². The average molecular weight is 417 g/mol. The molecule has 8 heteroatoms. The highest BCUT2D eigenvalue weighted by Crippen LogP contribution is 2.29. The quantitative estimate of drug-likeness (QED) is 0.385. The van der Waals surface area contributed by atoms with Gasteiger partial charge in [-0.2, -0.15) is 0 Å². The minimum atomic E-state index is 0.0404. The molecular weight excluding hydrogens is 380 g/mol. The van der Waals surface area contributed by atoms with Gasteiger partial charge < -0.3 is 25.0 Å². The van der Waals surface area contributed by atoms with Crippen LogP contribution in [-0.2, 0) is 20.1 Å². The maximum Gasteiger partial charge on any atom is 0.191 e. The third kappa shape index (κ3) is 6.45. The number of hydrogen-bond donors (Lipinski definition) is 3. The molecule has 0 fully saturated rings. The molecule has 0 atom stereocenters. The minimum Gasteiger partial charge on any atom is -0.497 e. The largest absolute Gasteiger partial charge is 0.497 e. The van der Waals surface area contributed by atoms with Crippen molar-refractivity contribution in [3.8, 4) is 5.75 Å². The Kier molecular flexibility index (Phi) is 9.11. The van der Waals surface area contributed by atoms with E-state index in [0.29, 0.717) is 13.1 Å². The fourth-order valence-corrected chi connectivity index (χ4v) is 3.29. The number of ether oxygens (including phenoxy) is 1. The molecule has 166 valence electrons. The summed E-state index contributed by atoms with van der Waals surface area (Å²) in [6, 6.07) is 7.91. The van der Waals surface area contributed by atoms with Crippen molar-refractivity contribution >= 4 is 5.96 Å². The van der Waals surface area contributed by atoms with Gasteiger partial charge in [0.05, 0.1) is 20.2 Å². The van der Waals surface area contributed by atoms with Crippen molar-refractivity contribution in [3.63, 3.8) is 0 Å². The monoisotopic (exact) mass is 416 g/mol. The van der Waals surface area contributed by atoms with Crippen LogP contribution in [0.3, 0.4) is 0 Å². The standard InChI is InChI=1S/C22H36N6O2/c1-6-22(7-2,12-13-29)16-25-21(24-15-20-27-26-17(3)28(20)4)23-14-18-8-10-19(30-5)11-9-18/h8-11,29H,6-7,12-16H2,1-5H3,(H2,23,24,25). The number of benzene rings is 1. The predicted octanol–water partition coefficient (Wildman–Crippen LogP) is 2.56. The summed E-state index contributed by atoms with van der Waals surface area (Å²) in [5.41, 5.74) is 1.14. The van der Waals surface area contributed by atoms with E-state index in [1.54, 1.807) is 7.11 Å². The van der Waals surface area contributed by atoms with Crippen LogP contribution in [0.2, 0.25) is 0 Å². The first kappa shape index (κ1) is 23.7. The Bertz CT molecular complexity index is 796. The van der Waals surface area contributed by atoms with Crippen LogP contribution in [0.15, 0.2) is 29.3 Å². The molecule has 8 nitrogen and oxygen atoms in total. The Morgan fingerprint density at radius 2 is 1.87 bits per heavy atom. The number of hydrogen-bond acceptors (Lipinski definition) is 5. The van der Waals surface area contributed by atoms with E-state index < -0.39 is 0 Å². The molecule has 2 rings (SSSR count). The van der Waals surface area contributed by atoms with Gasteiger partial charge in [-0.3, -0.25) is 0 Å². The highest BCUT2D eigenvalue weighted by atomic mass is 16.5. The van der Waals surface area contributed by atoms with Crippen LogP contribution in [0.4, 0.5) is 0 Å². The molecule has 2 aromatic rings. The lowest BCUT2D eigenvalue weighted by Crippen LogP contribution is -2.44. The molecule has 0 aliphatic rings. The average Bonchev–Trinajstić information content (AvgIpc) is 3.10. The van der Waals surface area contributed by atoms with Crippen LogP contribution >= 0.6 is 0 Å². The molecule has 0 saturated carbocycles. The second-order valence-electron chi connectivity index (χ2n) is 7.62. The van der Waals surface area contributed by atoms with Gasteiger partial charge in [0.1, 0.15) is 11.6 Å². The second kappa shape index (κ2) is 11.5. The maximum atomic E-state index is 9.51. The van der Waals surface area contributed by atoms with E-state index in [2.05, 4.69) is 34.7 Å². The zero-order valence-corrected chi connectivity index (χ0v) is 18.9. The minimum absolute atomic E-state index is 0.0404. The summed E-state index contributed by atoms with van der Waals surface area (Å²) in [7, 11) is 3.61. The van der Waals surface area contributed by atoms with Gasteiger partial charge in [-0.15, -0.1) is 10.2 Å². The van der Waals surface area contributed by atoms with Crippen molar-refractivity contribution in [2.45, 2.75) is 53.1 Å².